The molecule has 2 N–H and O–H groups in total. The van der Waals surface area contributed by atoms with Gasteiger partial charge in [0.1, 0.15) is 17.1 Å². The summed E-state index contributed by atoms with van der Waals surface area (Å²) in [6.45, 7) is 12.2. The number of carbonyl (C=O) groups excluding carboxylic acids is 2. The van der Waals surface area contributed by atoms with Crippen LogP contribution in [0.15, 0.2) is 30.3 Å². The molecule has 2 aliphatic rings. The van der Waals surface area contributed by atoms with Crippen LogP contribution in [0.3, 0.4) is 0 Å². The summed E-state index contributed by atoms with van der Waals surface area (Å²) < 4.78 is 5.48. The number of carbonyl (C=O) groups is 2. The average molecular weight is 496 g/mol. The van der Waals surface area contributed by atoms with Gasteiger partial charge in [-0.1, -0.05) is 31.5 Å². The smallest absolute Gasteiger partial charge is 0.410 e. The van der Waals surface area contributed by atoms with Crippen molar-refractivity contribution >= 4 is 12.0 Å². The van der Waals surface area contributed by atoms with Crippen molar-refractivity contribution in [3.8, 4) is 11.5 Å². The third-order valence-electron chi connectivity index (χ3n) is 6.66. The first-order valence-electron chi connectivity index (χ1n) is 12.7. The van der Waals surface area contributed by atoms with Gasteiger partial charge in [-0.3, -0.25) is 9.69 Å². The maximum absolute atomic E-state index is 13.2. The molecular formula is C28H37N3O5. The number of phenolic OH excluding ortho intramolecular Hbond substituents is 2. The molecule has 2 aromatic rings. The second-order valence-corrected chi connectivity index (χ2v) is 10.8. The van der Waals surface area contributed by atoms with E-state index in [4.69, 9.17) is 4.74 Å². The lowest BCUT2D eigenvalue weighted by atomic mass is 10.0. The van der Waals surface area contributed by atoms with Crippen LogP contribution in [0, 0.1) is 0 Å². The van der Waals surface area contributed by atoms with Crippen LogP contribution in [-0.4, -0.2) is 68.7 Å². The number of phenols is 2. The molecule has 0 bridgehead atoms. The van der Waals surface area contributed by atoms with Gasteiger partial charge < -0.3 is 24.7 Å². The third kappa shape index (κ3) is 5.93. The monoisotopic (exact) mass is 495 g/mol. The van der Waals surface area contributed by atoms with Gasteiger partial charge in [-0.15, -0.1) is 0 Å². The number of aromatic hydroxyl groups is 2. The summed E-state index contributed by atoms with van der Waals surface area (Å²) in [5, 5.41) is 20.4. The Morgan fingerprint density at radius 2 is 1.61 bits per heavy atom. The van der Waals surface area contributed by atoms with Crippen molar-refractivity contribution in [1.82, 2.24) is 14.7 Å². The Hall–Kier alpha value is -3.26. The highest BCUT2D eigenvalue weighted by Crippen LogP contribution is 2.32. The van der Waals surface area contributed by atoms with Crippen molar-refractivity contribution < 1.29 is 24.5 Å². The standard InChI is InChI=1S/C28H37N3O5/c1-5-6-20-14-23(25(33)15-24(20)32)26(34)31-17-21-8-7-19(13-22(21)18-31)16-29-9-11-30(12-10-29)27(35)36-28(2,3)4/h7-8,13-15,32-33H,5-6,9-12,16-18H2,1-4H3. The normalized spacial score (nSPS) is 16.2. The van der Waals surface area contributed by atoms with Crippen molar-refractivity contribution in [3.05, 3.63) is 58.1 Å². The summed E-state index contributed by atoms with van der Waals surface area (Å²) in [5.41, 5.74) is 3.80. The topological polar surface area (TPSA) is 93.6 Å². The van der Waals surface area contributed by atoms with Crippen molar-refractivity contribution in [2.24, 2.45) is 0 Å². The van der Waals surface area contributed by atoms with Crippen molar-refractivity contribution in [3.63, 3.8) is 0 Å². The van der Waals surface area contributed by atoms with E-state index >= 15 is 0 Å². The predicted octanol–water partition coefficient (Wildman–Crippen LogP) is 4.26. The molecule has 4 rings (SSSR count). The lowest BCUT2D eigenvalue weighted by Crippen LogP contribution is -2.49. The molecule has 2 heterocycles. The minimum Gasteiger partial charge on any atom is -0.508 e. The predicted molar refractivity (Wildman–Crippen MR) is 137 cm³/mol. The summed E-state index contributed by atoms with van der Waals surface area (Å²) in [6.07, 6.45) is 1.22. The van der Waals surface area contributed by atoms with E-state index in [9.17, 15) is 19.8 Å². The van der Waals surface area contributed by atoms with E-state index in [1.807, 2.05) is 27.7 Å². The molecule has 1 fully saturated rings. The van der Waals surface area contributed by atoms with Gasteiger partial charge in [0, 0.05) is 51.9 Å². The van der Waals surface area contributed by atoms with Crippen molar-refractivity contribution in [2.75, 3.05) is 26.2 Å². The molecule has 0 spiro atoms. The van der Waals surface area contributed by atoms with Crippen LogP contribution < -0.4 is 0 Å². The zero-order valence-corrected chi connectivity index (χ0v) is 21.7. The second kappa shape index (κ2) is 10.4. The van der Waals surface area contributed by atoms with E-state index in [1.165, 1.54) is 11.6 Å². The first kappa shape index (κ1) is 25.8. The molecule has 0 aromatic heterocycles. The fraction of sp³-hybridized carbons (Fsp3) is 0.500. The number of nitrogens with zero attached hydrogens (tertiary/aromatic N) is 3. The largest absolute Gasteiger partial charge is 0.508 e. The molecule has 2 aromatic carbocycles. The highest BCUT2D eigenvalue weighted by atomic mass is 16.6. The number of piperazine rings is 1. The molecule has 0 atom stereocenters. The molecule has 36 heavy (non-hydrogen) atoms. The maximum atomic E-state index is 13.2. The maximum Gasteiger partial charge on any atom is 0.410 e. The number of aryl methyl sites for hydroxylation is 1. The molecule has 2 aliphatic heterocycles. The second-order valence-electron chi connectivity index (χ2n) is 10.8. The molecule has 0 unspecified atom stereocenters. The van der Waals surface area contributed by atoms with E-state index < -0.39 is 5.60 Å². The molecular weight excluding hydrogens is 458 g/mol. The Balaban J connectivity index is 1.36. The lowest BCUT2D eigenvalue weighted by Gasteiger charge is -2.35. The molecule has 0 radical (unpaired) electrons. The van der Waals surface area contributed by atoms with Crippen molar-refractivity contribution in [1.29, 1.82) is 0 Å². The fourth-order valence-electron chi connectivity index (χ4n) is 4.80. The SMILES string of the molecule is CCCc1cc(C(=O)N2Cc3ccc(CN4CCN(C(=O)OC(C)(C)C)CC4)cc3C2)c(O)cc1O. The number of amides is 2. The lowest BCUT2D eigenvalue weighted by molar-refractivity contribution is 0.0139. The van der Waals surface area contributed by atoms with Crippen LogP contribution in [0.4, 0.5) is 4.79 Å². The van der Waals surface area contributed by atoms with E-state index in [-0.39, 0.29) is 29.1 Å². The van der Waals surface area contributed by atoms with Gasteiger partial charge in [-0.05, 0) is 55.5 Å². The Labute approximate surface area is 213 Å². The number of hydrogen-bond donors (Lipinski definition) is 2. The summed E-state index contributed by atoms with van der Waals surface area (Å²) >= 11 is 0. The zero-order valence-electron chi connectivity index (χ0n) is 21.7. The number of fused-ring (bicyclic) bond motifs is 1. The van der Waals surface area contributed by atoms with Gasteiger partial charge >= 0.3 is 6.09 Å². The Kier molecular flexibility index (Phi) is 7.45. The highest BCUT2D eigenvalue weighted by Gasteiger charge is 2.28. The van der Waals surface area contributed by atoms with Gasteiger partial charge in [-0.2, -0.15) is 0 Å². The fourth-order valence-corrected chi connectivity index (χ4v) is 4.80. The number of hydrogen-bond acceptors (Lipinski definition) is 6. The summed E-state index contributed by atoms with van der Waals surface area (Å²) in [5.74, 6) is -0.410. The van der Waals surface area contributed by atoms with Crippen LogP contribution in [0.5, 0.6) is 11.5 Å². The Morgan fingerprint density at radius 1 is 0.917 bits per heavy atom. The van der Waals surface area contributed by atoms with Crippen molar-refractivity contribution in [2.45, 2.75) is 65.8 Å². The molecule has 0 aliphatic carbocycles. The first-order chi connectivity index (χ1) is 17.0. The van der Waals surface area contributed by atoms with Gasteiger partial charge in [0.25, 0.3) is 5.91 Å². The molecule has 2 amide bonds. The minimum atomic E-state index is -0.493. The van der Waals surface area contributed by atoms with Crippen LogP contribution >= 0.6 is 0 Å². The van der Waals surface area contributed by atoms with E-state index in [1.54, 1.807) is 15.9 Å². The average Bonchev–Trinajstić information content (AvgIpc) is 3.23. The molecule has 1 saturated heterocycles. The van der Waals surface area contributed by atoms with E-state index in [0.29, 0.717) is 38.2 Å². The molecule has 194 valence electrons. The summed E-state index contributed by atoms with van der Waals surface area (Å²) in [6, 6.07) is 9.21. The van der Waals surface area contributed by atoms with E-state index in [2.05, 4.69) is 23.1 Å². The molecule has 8 nitrogen and oxygen atoms in total. The van der Waals surface area contributed by atoms with Crippen LogP contribution in [-0.2, 0) is 30.8 Å². The van der Waals surface area contributed by atoms with Gasteiger partial charge in [0.15, 0.2) is 0 Å². The number of rotatable bonds is 5. The molecule has 8 heteroatoms. The number of ether oxygens (including phenoxy) is 1. The summed E-state index contributed by atoms with van der Waals surface area (Å²) in [4.78, 5) is 31.3. The Bertz CT molecular complexity index is 1130. The van der Waals surface area contributed by atoms with E-state index in [0.717, 1.165) is 37.2 Å². The first-order valence-corrected chi connectivity index (χ1v) is 12.7. The third-order valence-corrected chi connectivity index (χ3v) is 6.66. The summed E-state index contributed by atoms with van der Waals surface area (Å²) in [7, 11) is 0. The van der Waals surface area contributed by atoms with Crippen LogP contribution in [0.1, 0.15) is 66.7 Å². The van der Waals surface area contributed by atoms with Crippen LogP contribution in [0.25, 0.3) is 0 Å². The molecule has 0 saturated carbocycles. The number of benzene rings is 2. The zero-order chi connectivity index (χ0) is 26.0. The van der Waals surface area contributed by atoms with Crippen LogP contribution in [0.2, 0.25) is 0 Å². The highest BCUT2D eigenvalue weighted by molar-refractivity contribution is 5.97. The van der Waals surface area contributed by atoms with Gasteiger partial charge in [0.2, 0.25) is 0 Å². The van der Waals surface area contributed by atoms with Gasteiger partial charge in [-0.25, -0.2) is 4.79 Å². The quantitative estimate of drug-likeness (QED) is 0.644. The Morgan fingerprint density at radius 3 is 2.28 bits per heavy atom. The minimum absolute atomic E-state index is 0.0205. The van der Waals surface area contributed by atoms with Gasteiger partial charge in [0.05, 0.1) is 5.56 Å².